The minimum atomic E-state index is -3.69. The monoisotopic (exact) mass is 323 g/mol. The maximum atomic E-state index is 12.0. The summed E-state index contributed by atoms with van der Waals surface area (Å²) in [6, 6.07) is 6.17. The molecule has 0 atom stereocenters. The second-order valence-electron chi connectivity index (χ2n) is 3.58. The molecule has 0 amide bonds. The lowest BCUT2D eigenvalue weighted by atomic mass is 10.2. The highest BCUT2D eigenvalue weighted by molar-refractivity contribution is 7.89. The SMILES string of the molecule is CNCCCNS(=O)(=O)c1cccc(Cl)c1C#N.Cl. The number of sulfonamides is 1. The van der Waals surface area contributed by atoms with Crippen molar-refractivity contribution in [3.05, 3.63) is 28.8 Å². The van der Waals surface area contributed by atoms with Gasteiger partial charge in [-0.15, -0.1) is 12.4 Å². The molecule has 5 nitrogen and oxygen atoms in total. The molecule has 0 unspecified atom stereocenters. The van der Waals surface area contributed by atoms with Crippen molar-refractivity contribution in [1.29, 1.82) is 5.26 Å². The van der Waals surface area contributed by atoms with Crippen molar-refractivity contribution in [2.75, 3.05) is 20.1 Å². The smallest absolute Gasteiger partial charge is 0.241 e. The number of benzene rings is 1. The van der Waals surface area contributed by atoms with Gasteiger partial charge in [-0.3, -0.25) is 0 Å². The number of nitrogens with one attached hydrogen (secondary N) is 2. The van der Waals surface area contributed by atoms with Crippen LogP contribution in [0.1, 0.15) is 12.0 Å². The Labute approximate surface area is 124 Å². The van der Waals surface area contributed by atoms with E-state index in [0.29, 0.717) is 19.5 Å². The zero-order chi connectivity index (χ0) is 13.6. The fourth-order valence-electron chi connectivity index (χ4n) is 1.39. The normalized spacial score (nSPS) is 10.6. The molecule has 2 N–H and O–H groups in total. The molecule has 1 aromatic rings. The van der Waals surface area contributed by atoms with Crippen molar-refractivity contribution in [2.45, 2.75) is 11.3 Å². The van der Waals surface area contributed by atoms with E-state index < -0.39 is 10.0 Å². The van der Waals surface area contributed by atoms with Crippen molar-refractivity contribution in [1.82, 2.24) is 10.0 Å². The van der Waals surface area contributed by atoms with Gasteiger partial charge in [0.15, 0.2) is 0 Å². The van der Waals surface area contributed by atoms with Gasteiger partial charge in [0.2, 0.25) is 10.0 Å². The number of rotatable bonds is 6. The molecule has 0 saturated carbocycles. The molecule has 1 rings (SSSR count). The number of nitrogens with zero attached hydrogens (tertiary/aromatic N) is 1. The van der Waals surface area contributed by atoms with E-state index in [-0.39, 0.29) is 27.9 Å². The number of halogens is 2. The van der Waals surface area contributed by atoms with E-state index in [1.165, 1.54) is 18.2 Å². The zero-order valence-electron chi connectivity index (χ0n) is 10.3. The van der Waals surface area contributed by atoms with Gasteiger partial charge in [-0.05, 0) is 32.1 Å². The van der Waals surface area contributed by atoms with Gasteiger partial charge in [0.1, 0.15) is 11.0 Å². The fourth-order valence-corrected chi connectivity index (χ4v) is 2.91. The average molecular weight is 324 g/mol. The molecule has 8 heteroatoms. The van der Waals surface area contributed by atoms with Gasteiger partial charge in [0.25, 0.3) is 0 Å². The Hall–Kier alpha value is -0.840. The van der Waals surface area contributed by atoms with E-state index in [2.05, 4.69) is 10.0 Å². The second-order valence-corrected chi connectivity index (χ2v) is 5.72. The van der Waals surface area contributed by atoms with Crippen LogP contribution < -0.4 is 10.0 Å². The van der Waals surface area contributed by atoms with Crippen LogP contribution >= 0.6 is 24.0 Å². The third-order valence-corrected chi connectivity index (χ3v) is 4.09. The van der Waals surface area contributed by atoms with Gasteiger partial charge in [-0.25, -0.2) is 13.1 Å². The third-order valence-electron chi connectivity index (χ3n) is 2.27. The van der Waals surface area contributed by atoms with Gasteiger partial charge in [-0.2, -0.15) is 5.26 Å². The van der Waals surface area contributed by atoms with Crippen molar-refractivity contribution in [3.63, 3.8) is 0 Å². The summed E-state index contributed by atoms with van der Waals surface area (Å²) >= 11 is 5.79. The van der Waals surface area contributed by atoms with Crippen molar-refractivity contribution >= 4 is 34.0 Å². The Morgan fingerprint density at radius 1 is 1.37 bits per heavy atom. The Morgan fingerprint density at radius 2 is 2.05 bits per heavy atom. The lowest BCUT2D eigenvalue weighted by molar-refractivity contribution is 0.577. The molecule has 0 radical (unpaired) electrons. The maximum absolute atomic E-state index is 12.0. The van der Waals surface area contributed by atoms with E-state index in [4.69, 9.17) is 16.9 Å². The third kappa shape index (κ3) is 4.97. The van der Waals surface area contributed by atoms with Crippen LogP contribution in [0.3, 0.4) is 0 Å². The van der Waals surface area contributed by atoms with Crippen molar-refractivity contribution in [3.8, 4) is 6.07 Å². The van der Waals surface area contributed by atoms with Gasteiger partial charge >= 0.3 is 0 Å². The predicted octanol–water partition coefficient (Wildman–Crippen LogP) is 1.52. The molecule has 0 aromatic heterocycles. The van der Waals surface area contributed by atoms with E-state index in [0.717, 1.165) is 0 Å². The van der Waals surface area contributed by atoms with Gasteiger partial charge < -0.3 is 5.32 Å². The molecule has 0 spiro atoms. The summed E-state index contributed by atoms with van der Waals surface area (Å²) in [5.41, 5.74) is -0.0275. The number of hydrogen-bond donors (Lipinski definition) is 2. The van der Waals surface area contributed by atoms with Gasteiger partial charge in [0.05, 0.1) is 10.6 Å². The number of nitriles is 1. The first-order valence-electron chi connectivity index (χ1n) is 5.36. The minimum absolute atomic E-state index is 0. The van der Waals surface area contributed by atoms with Crippen LogP contribution in [0, 0.1) is 11.3 Å². The summed E-state index contributed by atoms with van der Waals surface area (Å²) in [6.45, 7) is 1.02. The number of hydrogen-bond acceptors (Lipinski definition) is 4. The van der Waals surface area contributed by atoms with Crippen LogP contribution in [0.4, 0.5) is 0 Å². The van der Waals surface area contributed by atoms with Crippen molar-refractivity contribution < 1.29 is 8.42 Å². The standard InChI is InChI=1S/C11H14ClN3O2S.ClH/c1-14-6-3-7-15-18(16,17)11-5-2-4-10(12)9(11)8-13;/h2,4-5,14-15H,3,6-7H2,1H3;1H. The topological polar surface area (TPSA) is 82.0 Å². The Kier molecular flexibility index (Phi) is 7.99. The molecule has 1 aromatic carbocycles. The highest BCUT2D eigenvalue weighted by Gasteiger charge is 2.19. The van der Waals surface area contributed by atoms with Crippen LogP contribution in [0.5, 0.6) is 0 Å². The quantitative estimate of drug-likeness (QED) is 0.778. The maximum Gasteiger partial charge on any atom is 0.241 e. The molecule has 0 aliphatic rings. The lowest BCUT2D eigenvalue weighted by Crippen LogP contribution is -2.27. The molecule has 0 saturated heterocycles. The van der Waals surface area contributed by atoms with Crippen molar-refractivity contribution in [2.24, 2.45) is 0 Å². The van der Waals surface area contributed by atoms with Gasteiger partial charge in [0, 0.05) is 6.54 Å². The largest absolute Gasteiger partial charge is 0.320 e. The highest BCUT2D eigenvalue weighted by atomic mass is 35.5. The highest BCUT2D eigenvalue weighted by Crippen LogP contribution is 2.22. The van der Waals surface area contributed by atoms with Gasteiger partial charge in [-0.1, -0.05) is 17.7 Å². The van der Waals surface area contributed by atoms with E-state index in [1.807, 2.05) is 6.07 Å². The van der Waals surface area contributed by atoms with Crippen LogP contribution in [0.2, 0.25) is 5.02 Å². The molecule has 106 valence electrons. The summed E-state index contributed by atoms with van der Waals surface area (Å²) in [4.78, 5) is -0.0815. The lowest BCUT2D eigenvalue weighted by Gasteiger charge is -2.08. The molecule has 0 heterocycles. The molecule has 19 heavy (non-hydrogen) atoms. The van der Waals surface area contributed by atoms with E-state index in [1.54, 1.807) is 7.05 Å². The molecule has 0 aliphatic carbocycles. The minimum Gasteiger partial charge on any atom is -0.320 e. The molecule has 0 fully saturated rings. The Bertz CT molecular complexity index is 556. The first-order chi connectivity index (χ1) is 8.53. The van der Waals surface area contributed by atoms with Crippen LogP contribution in [0.15, 0.2) is 23.1 Å². The first-order valence-corrected chi connectivity index (χ1v) is 7.22. The average Bonchev–Trinajstić information content (AvgIpc) is 2.34. The summed E-state index contributed by atoms with van der Waals surface area (Å²) in [6.07, 6.45) is 0.665. The predicted molar refractivity (Wildman–Crippen MR) is 77.1 cm³/mol. The molecular weight excluding hydrogens is 309 g/mol. The first kappa shape index (κ1) is 18.2. The zero-order valence-corrected chi connectivity index (χ0v) is 12.7. The van der Waals surface area contributed by atoms with Crippen LogP contribution in [-0.2, 0) is 10.0 Å². The van der Waals surface area contributed by atoms with E-state index in [9.17, 15) is 8.42 Å². The summed E-state index contributed by atoms with van der Waals surface area (Å²) in [5.74, 6) is 0. The molecular formula is C11H15Cl2N3O2S. The Balaban J connectivity index is 0.00000324. The van der Waals surface area contributed by atoms with Crippen LogP contribution in [0.25, 0.3) is 0 Å². The Morgan fingerprint density at radius 3 is 2.63 bits per heavy atom. The summed E-state index contributed by atoms with van der Waals surface area (Å²) in [7, 11) is -1.90. The molecule has 0 bridgehead atoms. The van der Waals surface area contributed by atoms with Crippen LogP contribution in [-0.4, -0.2) is 28.6 Å². The fraction of sp³-hybridized carbons (Fsp3) is 0.364. The summed E-state index contributed by atoms with van der Waals surface area (Å²) < 4.78 is 26.4. The van der Waals surface area contributed by atoms with E-state index >= 15 is 0 Å². The summed E-state index contributed by atoms with van der Waals surface area (Å²) in [5, 5.41) is 12.0. The molecule has 0 aliphatic heterocycles. The second kappa shape index (κ2) is 8.35.